The molecule has 1 saturated heterocycles. The average molecular weight is 276 g/mol. The van der Waals surface area contributed by atoms with Crippen LogP contribution in [0.15, 0.2) is 24.3 Å². The number of anilines is 1. The van der Waals surface area contributed by atoms with Crippen molar-refractivity contribution < 1.29 is 4.79 Å². The van der Waals surface area contributed by atoms with Crippen LogP contribution in [0.4, 0.5) is 10.5 Å². The van der Waals surface area contributed by atoms with Gasteiger partial charge in [0.25, 0.3) is 0 Å². The molecule has 3 N–H and O–H groups in total. The number of amides is 2. The Hall–Kier alpha value is -1.59. The van der Waals surface area contributed by atoms with Gasteiger partial charge in [-0.3, -0.25) is 0 Å². The molecule has 1 heterocycles. The van der Waals surface area contributed by atoms with Crippen molar-refractivity contribution in [2.24, 2.45) is 5.73 Å². The number of benzene rings is 1. The molecule has 20 heavy (non-hydrogen) atoms. The first-order valence-corrected chi connectivity index (χ1v) is 7.09. The molecular formula is C15H24N4O. The normalized spacial score (nSPS) is 21.6. The smallest absolute Gasteiger partial charge is 0.322 e. The second kappa shape index (κ2) is 6.24. The summed E-state index contributed by atoms with van der Waals surface area (Å²) in [7, 11) is 2.08. The zero-order chi connectivity index (χ0) is 14.7. The molecule has 1 aliphatic rings. The van der Waals surface area contributed by atoms with Gasteiger partial charge >= 0.3 is 6.03 Å². The fourth-order valence-corrected chi connectivity index (χ4v) is 2.51. The molecule has 0 bridgehead atoms. The van der Waals surface area contributed by atoms with E-state index < -0.39 is 0 Å². The van der Waals surface area contributed by atoms with Crippen LogP contribution in [0, 0.1) is 0 Å². The average Bonchev–Trinajstić information content (AvgIpc) is 2.39. The minimum Gasteiger partial charge on any atom is -0.324 e. The van der Waals surface area contributed by atoms with Crippen LogP contribution in [0.1, 0.15) is 25.5 Å². The summed E-state index contributed by atoms with van der Waals surface area (Å²) in [5.74, 6) is 0. The Morgan fingerprint density at radius 3 is 2.55 bits per heavy atom. The molecule has 1 fully saturated rings. The van der Waals surface area contributed by atoms with Gasteiger partial charge in [-0.2, -0.15) is 0 Å². The number of likely N-dealkylation sites (N-methyl/N-ethyl adjacent to an activating group) is 1. The van der Waals surface area contributed by atoms with Gasteiger partial charge in [-0.25, -0.2) is 4.79 Å². The molecule has 0 spiro atoms. The Bertz CT molecular complexity index is 457. The Balaban J connectivity index is 1.97. The largest absolute Gasteiger partial charge is 0.324 e. The molecule has 2 atom stereocenters. The molecule has 0 aromatic heterocycles. The Morgan fingerprint density at radius 2 is 2.00 bits per heavy atom. The van der Waals surface area contributed by atoms with Crippen LogP contribution < -0.4 is 11.1 Å². The Morgan fingerprint density at radius 1 is 1.35 bits per heavy atom. The summed E-state index contributed by atoms with van der Waals surface area (Å²) >= 11 is 0. The van der Waals surface area contributed by atoms with Gasteiger partial charge in [0, 0.05) is 37.4 Å². The van der Waals surface area contributed by atoms with Crippen molar-refractivity contribution in [1.29, 1.82) is 0 Å². The molecule has 2 amide bonds. The summed E-state index contributed by atoms with van der Waals surface area (Å²) < 4.78 is 0. The lowest BCUT2D eigenvalue weighted by Gasteiger charge is -2.38. The number of carbonyl (C=O) groups is 1. The van der Waals surface area contributed by atoms with Gasteiger partial charge in [-0.05, 0) is 38.6 Å². The van der Waals surface area contributed by atoms with E-state index in [0.29, 0.717) is 0 Å². The number of hydrogen-bond donors (Lipinski definition) is 2. The summed E-state index contributed by atoms with van der Waals surface area (Å²) in [5, 5.41) is 2.95. The monoisotopic (exact) mass is 276 g/mol. The van der Waals surface area contributed by atoms with E-state index in [1.807, 2.05) is 36.1 Å². The van der Waals surface area contributed by atoms with Crippen molar-refractivity contribution in [3.8, 4) is 0 Å². The molecule has 0 radical (unpaired) electrons. The van der Waals surface area contributed by atoms with Crippen LogP contribution >= 0.6 is 0 Å². The molecule has 5 nitrogen and oxygen atoms in total. The predicted octanol–water partition coefficient (Wildman–Crippen LogP) is 1.87. The lowest BCUT2D eigenvalue weighted by atomic mass is 10.1. The Labute approximate surface area is 120 Å². The van der Waals surface area contributed by atoms with Crippen molar-refractivity contribution in [1.82, 2.24) is 9.80 Å². The topological polar surface area (TPSA) is 61.6 Å². The first-order chi connectivity index (χ1) is 9.47. The number of hydrogen-bond acceptors (Lipinski definition) is 3. The van der Waals surface area contributed by atoms with E-state index in [2.05, 4.69) is 24.2 Å². The third-order valence-electron chi connectivity index (χ3n) is 3.78. The summed E-state index contributed by atoms with van der Waals surface area (Å²) in [6.07, 6.45) is 0. The van der Waals surface area contributed by atoms with Crippen LogP contribution in [0.25, 0.3) is 0 Å². The van der Waals surface area contributed by atoms with E-state index in [0.717, 1.165) is 30.9 Å². The van der Waals surface area contributed by atoms with Crippen molar-refractivity contribution in [3.63, 3.8) is 0 Å². The van der Waals surface area contributed by atoms with E-state index in [-0.39, 0.29) is 18.1 Å². The van der Waals surface area contributed by atoms with Crippen LogP contribution in [-0.2, 0) is 0 Å². The van der Waals surface area contributed by atoms with Crippen LogP contribution in [0.2, 0.25) is 0 Å². The predicted molar refractivity (Wildman–Crippen MR) is 81.7 cm³/mol. The van der Waals surface area contributed by atoms with E-state index in [1.165, 1.54) is 0 Å². The summed E-state index contributed by atoms with van der Waals surface area (Å²) in [6, 6.07) is 7.92. The number of nitrogens with zero attached hydrogens (tertiary/aromatic N) is 2. The van der Waals surface area contributed by atoms with Crippen LogP contribution in [-0.4, -0.2) is 48.6 Å². The van der Waals surface area contributed by atoms with Crippen LogP contribution in [0.3, 0.4) is 0 Å². The van der Waals surface area contributed by atoms with Gasteiger partial charge in [0.2, 0.25) is 0 Å². The summed E-state index contributed by atoms with van der Waals surface area (Å²) in [5.41, 5.74) is 7.69. The second-order valence-electron chi connectivity index (χ2n) is 5.65. The first-order valence-electron chi connectivity index (χ1n) is 7.09. The SMILES string of the molecule is CC(N)c1ccc(NC(=O)N2CCN(C)CC2C)cc1. The maximum atomic E-state index is 12.3. The van der Waals surface area contributed by atoms with E-state index >= 15 is 0 Å². The lowest BCUT2D eigenvalue weighted by molar-refractivity contribution is 0.125. The molecule has 1 aromatic rings. The third kappa shape index (κ3) is 3.49. The standard InChI is InChI=1S/C15H24N4O/c1-11-10-18(3)8-9-19(11)15(20)17-14-6-4-13(5-7-14)12(2)16/h4-7,11-12H,8-10,16H2,1-3H3,(H,17,20). The quantitative estimate of drug-likeness (QED) is 0.867. The number of rotatable bonds is 2. The van der Waals surface area contributed by atoms with Gasteiger partial charge in [0.1, 0.15) is 0 Å². The van der Waals surface area contributed by atoms with Crippen molar-refractivity contribution >= 4 is 11.7 Å². The maximum absolute atomic E-state index is 12.3. The number of carbonyl (C=O) groups excluding carboxylic acids is 1. The molecule has 5 heteroatoms. The van der Waals surface area contributed by atoms with Crippen molar-refractivity contribution in [2.45, 2.75) is 25.9 Å². The van der Waals surface area contributed by atoms with Gasteiger partial charge in [0.05, 0.1) is 0 Å². The lowest BCUT2D eigenvalue weighted by Crippen LogP contribution is -2.53. The van der Waals surface area contributed by atoms with Crippen molar-refractivity contribution in [3.05, 3.63) is 29.8 Å². The molecule has 2 unspecified atom stereocenters. The summed E-state index contributed by atoms with van der Waals surface area (Å²) in [6.45, 7) is 6.62. The number of nitrogens with two attached hydrogens (primary N) is 1. The van der Waals surface area contributed by atoms with Crippen LogP contribution in [0.5, 0.6) is 0 Å². The second-order valence-corrected chi connectivity index (χ2v) is 5.65. The fraction of sp³-hybridized carbons (Fsp3) is 0.533. The molecule has 0 saturated carbocycles. The maximum Gasteiger partial charge on any atom is 0.322 e. The van der Waals surface area contributed by atoms with E-state index in [9.17, 15) is 4.79 Å². The Kier molecular flexibility index (Phi) is 4.62. The van der Waals surface area contributed by atoms with Gasteiger partial charge in [0.15, 0.2) is 0 Å². The number of nitrogens with one attached hydrogen (secondary N) is 1. The van der Waals surface area contributed by atoms with Crippen molar-refractivity contribution in [2.75, 3.05) is 32.0 Å². The fourth-order valence-electron chi connectivity index (χ4n) is 2.51. The molecule has 1 aromatic carbocycles. The van der Waals surface area contributed by atoms with E-state index in [1.54, 1.807) is 0 Å². The van der Waals surface area contributed by atoms with E-state index in [4.69, 9.17) is 5.73 Å². The highest BCUT2D eigenvalue weighted by atomic mass is 16.2. The minimum absolute atomic E-state index is 0.0115. The summed E-state index contributed by atoms with van der Waals surface area (Å²) in [4.78, 5) is 16.4. The molecule has 110 valence electrons. The van der Waals surface area contributed by atoms with Gasteiger partial charge < -0.3 is 20.9 Å². The molecule has 0 aliphatic carbocycles. The highest BCUT2D eigenvalue weighted by Crippen LogP contribution is 2.16. The third-order valence-corrected chi connectivity index (χ3v) is 3.78. The first kappa shape index (κ1) is 14.8. The molecule has 1 aliphatic heterocycles. The van der Waals surface area contributed by atoms with Gasteiger partial charge in [-0.1, -0.05) is 12.1 Å². The zero-order valence-electron chi connectivity index (χ0n) is 12.5. The highest BCUT2D eigenvalue weighted by Gasteiger charge is 2.25. The molecule has 2 rings (SSSR count). The number of piperazine rings is 1. The molecular weight excluding hydrogens is 252 g/mol. The number of urea groups is 1. The zero-order valence-corrected chi connectivity index (χ0v) is 12.5. The highest BCUT2D eigenvalue weighted by molar-refractivity contribution is 5.89. The minimum atomic E-state index is -0.0286. The van der Waals surface area contributed by atoms with Gasteiger partial charge in [-0.15, -0.1) is 0 Å².